The molecule has 0 aromatic rings. The van der Waals surface area contributed by atoms with Gasteiger partial charge in [0.05, 0.1) is 0 Å². The number of alkyl halides is 3. The monoisotopic (exact) mass is 181 g/mol. The predicted octanol–water partition coefficient (Wildman–Crippen LogP) is 0.396. The Morgan fingerprint density at radius 1 is 1.42 bits per heavy atom. The molecule has 1 fully saturated rings. The summed E-state index contributed by atoms with van der Waals surface area (Å²) in [4.78, 5) is 20.5. The van der Waals surface area contributed by atoms with Gasteiger partial charge in [0.1, 0.15) is 5.54 Å². The first-order valence-electron chi connectivity index (χ1n) is 3.25. The third kappa shape index (κ3) is 1.41. The number of rotatable bonds is 3. The van der Waals surface area contributed by atoms with Crippen LogP contribution >= 0.6 is 0 Å². The van der Waals surface area contributed by atoms with E-state index in [4.69, 9.17) is 0 Å². The first-order chi connectivity index (χ1) is 5.42. The van der Waals surface area contributed by atoms with Crippen LogP contribution in [0.1, 0.15) is 12.8 Å². The molecule has 0 bridgehead atoms. The first kappa shape index (κ1) is 9.02. The standard InChI is InChI=1S/C6H6F3NO2/c7-6(8,9)4(12)5(1-2-5)10-3-11/h3H,1-2H2,(H,10,11). The molecule has 1 saturated carbocycles. The van der Waals surface area contributed by atoms with Gasteiger partial charge in [0.25, 0.3) is 5.78 Å². The average molecular weight is 181 g/mol. The molecular formula is C6H6F3NO2. The van der Waals surface area contributed by atoms with Crippen LogP contribution in [0.25, 0.3) is 0 Å². The van der Waals surface area contributed by atoms with Crippen LogP contribution in [0.2, 0.25) is 0 Å². The highest BCUT2D eigenvalue weighted by molar-refractivity contribution is 5.97. The number of hydrogen-bond acceptors (Lipinski definition) is 2. The van der Waals surface area contributed by atoms with Gasteiger partial charge in [-0.1, -0.05) is 0 Å². The molecule has 68 valence electrons. The third-order valence-electron chi connectivity index (χ3n) is 1.78. The Hall–Kier alpha value is -1.07. The van der Waals surface area contributed by atoms with Gasteiger partial charge in [-0.3, -0.25) is 9.59 Å². The fourth-order valence-corrected chi connectivity index (χ4v) is 0.946. The van der Waals surface area contributed by atoms with Gasteiger partial charge in [-0.15, -0.1) is 0 Å². The van der Waals surface area contributed by atoms with E-state index in [9.17, 15) is 22.8 Å². The normalized spacial score (nSPS) is 19.9. The summed E-state index contributed by atoms with van der Waals surface area (Å²) in [6.07, 6.45) is -4.59. The molecule has 1 aliphatic carbocycles. The maximum atomic E-state index is 11.8. The van der Waals surface area contributed by atoms with Crippen LogP contribution in [-0.4, -0.2) is 23.9 Å². The van der Waals surface area contributed by atoms with Crippen LogP contribution in [0.15, 0.2) is 0 Å². The van der Waals surface area contributed by atoms with Crippen molar-refractivity contribution < 1.29 is 22.8 Å². The molecule has 0 aromatic heterocycles. The molecule has 0 radical (unpaired) electrons. The summed E-state index contributed by atoms with van der Waals surface area (Å²) in [6, 6.07) is 0. The second kappa shape index (κ2) is 2.46. The molecule has 0 heterocycles. The number of carbonyl (C=O) groups excluding carboxylic acids is 2. The lowest BCUT2D eigenvalue weighted by atomic mass is 10.1. The zero-order chi connectivity index (χ0) is 9.41. The predicted molar refractivity (Wildman–Crippen MR) is 32.2 cm³/mol. The first-order valence-corrected chi connectivity index (χ1v) is 3.25. The van der Waals surface area contributed by atoms with E-state index in [2.05, 4.69) is 0 Å². The van der Waals surface area contributed by atoms with Gasteiger partial charge in [-0.05, 0) is 12.8 Å². The van der Waals surface area contributed by atoms with Gasteiger partial charge in [0, 0.05) is 0 Å². The number of nitrogens with one attached hydrogen (secondary N) is 1. The number of ketones is 1. The van der Waals surface area contributed by atoms with Crippen molar-refractivity contribution in [3.05, 3.63) is 0 Å². The molecule has 3 nitrogen and oxygen atoms in total. The van der Waals surface area contributed by atoms with Crippen LogP contribution in [-0.2, 0) is 9.59 Å². The number of amides is 1. The SMILES string of the molecule is O=CNC1(C(=O)C(F)(F)F)CC1. The van der Waals surface area contributed by atoms with Crippen molar-refractivity contribution in [3.8, 4) is 0 Å². The van der Waals surface area contributed by atoms with Gasteiger partial charge in [0.15, 0.2) is 0 Å². The topological polar surface area (TPSA) is 46.2 Å². The highest BCUT2D eigenvalue weighted by atomic mass is 19.4. The molecule has 1 N–H and O–H groups in total. The summed E-state index contributed by atoms with van der Waals surface area (Å²) in [5.41, 5.74) is -1.64. The molecule has 1 rings (SSSR count). The summed E-state index contributed by atoms with van der Waals surface area (Å²) < 4.78 is 35.4. The maximum absolute atomic E-state index is 11.8. The van der Waals surface area contributed by atoms with Crippen molar-refractivity contribution in [1.29, 1.82) is 0 Å². The molecular weight excluding hydrogens is 175 g/mol. The molecule has 0 atom stereocenters. The van der Waals surface area contributed by atoms with E-state index in [1.807, 2.05) is 5.32 Å². The Morgan fingerprint density at radius 2 is 1.92 bits per heavy atom. The van der Waals surface area contributed by atoms with Gasteiger partial charge >= 0.3 is 6.18 Å². The van der Waals surface area contributed by atoms with Crippen molar-refractivity contribution in [3.63, 3.8) is 0 Å². The number of Topliss-reactive ketones (excluding diaryl/α,β-unsaturated/α-hetero) is 1. The van der Waals surface area contributed by atoms with Gasteiger partial charge < -0.3 is 5.32 Å². The van der Waals surface area contributed by atoms with Gasteiger partial charge in [-0.2, -0.15) is 13.2 Å². The van der Waals surface area contributed by atoms with Crippen LogP contribution in [0, 0.1) is 0 Å². The smallest absolute Gasteiger partial charge is 0.346 e. The molecule has 0 spiro atoms. The van der Waals surface area contributed by atoms with Gasteiger partial charge in [0.2, 0.25) is 6.41 Å². The second-order valence-electron chi connectivity index (χ2n) is 2.67. The minimum Gasteiger partial charge on any atom is -0.346 e. The molecule has 0 aromatic carbocycles. The van der Waals surface area contributed by atoms with Crippen molar-refractivity contribution in [1.82, 2.24) is 5.32 Å². The molecule has 1 amide bonds. The van der Waals surface area contributed by atoms with Gasteiger partial charge in [-0.25, -0.2) is 0 Å². The molecule has 6 heteroatoms. The average Bonchev–Trinajstić information content (AvgIpc) is 2.67. The van der Waals surface area contributed by atoms with E-state index in [1.165, 1.54) is 0 Å². The maximum Gasteiger partial charge on any atom is 0.452 e. The fraction of sp³-hybridized carbons (Fsp3) is 0.667. The van der Waals surface area contributed by atoms with Crippen molar-refractivity contribution in [2.45, 2.75) is 24.6 Å². The highest BCUT2D eigenvalue weighted by Gasteiger charge is 2.59. The Labute approximate surface area is 65.9 Å². The van der Waals surface area contributed by atoms with Crippen LogP contribution in [0.4, 0.5) is 13.2 Å². The Kier molecular flexibility index (Phi) is 1.85. The number of hydrogen-bond donors (Lipinski definition) is 1. The molecule has 12 heavy (non-hydrogen) atoms. The van der Waals surface area contributed by atoms with E-state index < -0.39 is 17.5 Å². The van der Waals surface area contributed by atoms with Crippen molar-refractivity contribution >= 4 is 12.2 Å². The summed E-state index contributed by atoms with van der Waals surface area (Å²) in [7, 11) is 0. The lowest BCUT2D eigenvalue weighted by molar-refractivity contribution is -0.174. The third-order valence-corrected chi connectivity index (χ3v) is 1.78. The van der Waals surface area contributed by atoms with Crippen molar-refractivity contribution in [2.75, 3.05) is 0 Å². The summed E-state index contributed by atoms with van der Waals surface area (Å²) in [5.74, 6) is -1.86. The van der Waals surface area contributed by atoms with E-state index in [0.29, 0.717) is 0 Å². The highest BCUT2D eigenvalue weighted by Crippen LogP contribution is 2.40. The molecule has 0 aliphatic heterocycles. The Bertz CT molecular complexity index is 219. The van der Waals surface area contributed by atoms with Crippen LogP contribution in [0.3, 0.4) is 0 Å². The lowest BCUT2D eigenvalue weighted by Gasteiger charge is -2.14. The Morgan fingerprint density at radius 3 is 2.17 bits per heavy atom. The number of halogens is 3. The summed E-state index contributed by atoms with van der Waals surface area (Å²) >= 11 is 0. The quantitative estimate of drug-likeness (QED) is 0.640. The zero-order valence-electron chi connectivity index (χ0n) is 5.94. The van der Waals surface area contributed by atoms with Crippen LogP contribution in [0.5, 0.6) is 0 Å². The van der Waals surface area contributed by atoms with E-state index in [-0.39, 0.29) is 19.3 Å². The molecule has 0 saturated heterocycles. The van der Waals surface area contributed by atoms with E-state index >= 15 is 0 Å². The minimum absolute atomic E-state index is 0.0735. The molecule has 0 unspecified atom stereocenters. The summed E-state index contributed by atoms with van der Waals surface area (Å²) in [5, 5.41) is 1.89. The largest absolute Gasteiger partial charge is 0.452 e. The molecule has 1 aliphatic rings. The Balaban J connectivity index is 2.70. The zero-order valence-corrected chi connectivity index (χ0v) is 5.94. The van der Waals surface area contributed by atoms with E-state index in [1.54, 1.807) is 0 Å². The second-order valence-corrected chi connectivity index (χ2v) is 2.67. The van der Waals surface area contributed by atoms with E-state index in [0.717, 1.165) is 0 Å². The minimum atomic E-state index is -4.85. The van der Waals surface area contributed by atoms with Crippen LogP contribution < -0.4 is 5.32 Å². The lowest BCUT2D eigenvalue weighted by Crippen LogP contribution is -2.45. The fourth-order valence-electron chi connectivity index (χ4n) is 0.946. The summed E-state index contributed by atoms with van der Waals surface area (Å²) in [6.45, 7) is 0. The van der Waals surface area contributed by atoms with Crippen molar-refractivity contribution in [2.24, 2.45) is 0 Å². The number of carbonyl (C=O) groups is 2.